The van der Waals surface area contributed by atoms with Gasteiger partial charge in [0.15, 0.2) is 16.9 Å². The van der Waals surface area contributed by atoms with Crippen molar-refractivity contribution in [2.75, 3.05) is 0 Å². The standard InChI is InChI=1S/C33H32NO2S.C13H24O2.Ir/c1-19-23-12-13-34-29(21-14-20-10-8-9-11-24(20)25(15-21)33(5,6)7)31(23)37-30(19)28-17-27-26(36-28)16-22(35-27)18-32(2,3)4;1-5-10(6-2)12(14)9-13(15)11(7-3)8-4;/h8-13,15-17H,18H2,1-7H3;9-11,14H,5-8H2,1-4H3;/q-1;;/b;12-9-;. The fourth-order valence-corrected chi connectivity index (χ4v) is 8.20. The van der Waals surface area contributed by atoms with Crippen LogP contribution in [0.5, 0.6) is 0 Å². The van der Waals surface area contributed by atoms with Crippen molar-refractivity contribution in [3.8, 4) is 21.9 Å². The Morgan fingerprint density at radius 3 is 2.13 bits per heavy atom. The topological polar surface area (TPSA) is 76.5 Å². The average molecular weight is 911 g/mol. The largest absolute Gasteiger partial charge is 0.512 e. The number of hydrogen-bond acceptors (Lipinski definition) is 6. The Bertz CT molecular complexity index is 2160. The SMILES string of the molecule is CCC(CC)C(=O)/C=C(\O)C(CC)CC.Cc1c(-c2cc3oc(CC(C)(C)C)cc3o2)sc2c(-c3[c-]c4ccccc4c(C(C)(C)C)c3)nccc12.[Ir]. The second-order valence-corrected chi connectivity index (χ2v) is 17.3. The molecule has 0 aliphatic heterocycles. The number of allylic oxidation sites excluding steroid dienone is 2. The van der Waals surface area contributed by atoms with Crippen LogP contribution in [0.1, 0.15) is 112 Å². The van der Waals surface area contributed by atoms with E-state index < -0.39 is 0 Å². The van der Waals surface area contributed by atoms with E-state index in [9.17, 15) is 9.90 Å². The van der Waals surface area contributed by atoms with Crippen molar-refractivity contribution >= 4 is 49.1 Å². The monoisotopic (exact) mass is 911 g/mol. The molecule has 1 N–H and O–H groups in total. The van der Waals surface area contributed by atoms with E-state index in [1.165, 1.54) is 28.0 Å². The molecule has 6 rings (SSSR count). The first-order valence-electron chi connectivity index (χ1n) is 18.9. The summed E-state index contributed by atoms with van der Waals surface area (Å²) in [4.78, 5) is 17.7. The van der Waals surface area contributed by atoms with Gasteiger partial charge in [0, 0.05) is 73.2 Å². The Kier molecular flexibility index (Phi) is 13.8. The van der Waals surface area contributed by atoms with Gasteiger partial charge < -0.3 is 13.9 Å². The van der Waals surface area contributed by atoms with Crippen molar-refractivity contribution < 1.29 is 38.8 Å². The molecule has 7 heteroatoms. The molecule has 2 aromatic carbocycles. The number of aliphatic hydroxyl groups is 1. The number of ketones is 1. The molecular formula is C46H56IrNO4S-. The van der Waals surface area contributed by atoms with Gasteiger partial charge in [0.2, 0.25) is 0 Å². The normalized spacial score (nSPS) is 12.5. The molecule has 0 bridgehead atoms. The number of nitrogens with zero attached hydrogens (tertiary/aromatic N) is 1. The molecule has 0 aliphatic carbocycles. The first-order chi connectivity index (χ1) is 24.6. The van der Waals surface area contributed by atoms with Crippen LogP contribution in [-0.2, 0) is 36.7 Å². The predicted molar refractivity (Wildman–Crippen MR) is 219 cm³/mol. The molecule has 285 valence electrons. The zero-order valence-corrected chi connectivity index (χ0v) is 36.5. The molecule has 0 unspecified atom stereocenters. The van der Waals surface area contributed by atoms with E-state index in [-0.39, 0.29) is 54.3 Å². The van der Waals surface area contributed by atoms with Gasteiger partial charge in [-0.25, -0.2) is 0 Å². The second kappa shape index (κ2) is 17.3. The molecule has 1 radical (unpaired) electrons. The first kappa shape index (κ1) is 42.2. The number of benzene rings is 2. The summed E-state index contributed by atoms with van der Waals surface area (Å²) in [7, 11) is 0. The summed E-state index contributed by atoms with van der Waals surface area (Å²) >= 11 is 1.73. The van der Waals surface area contributed by atoms with Gasteiger partial charge in [-0.1, -0.05) is 98.4 Å². The summed E-state index contributed by atoms with van der Waals surface area (Å²) in [5, 5.41) is 13.3. The Morgan fingerprint density at radius 1 is 0.887 bits per heavy atom. The third-order valence-corrected chi connectivity index (χ3v) is 11.3. The predicted octanol–water partition coefficient (Wildman–Crippen LogP) is 14.0. The number of aryl methyl sites for hydroxylation is 1. The molecule has 0 spiro atoms. The third-order valence-electron chi connectivity index (χ3n) is 9.96. The molecule has 53 heavy (non-hydrogen) atoms. The molecular weight excluding hydrogens is 855 g/mol. The average Bonchev–Trinajstić information content (AvgIpc) is 3.75. The van der Waals surface area contributed by atoms with Crippen molar-refractivity contribution in [3.05, 3.63) is 89.5 Å². The van der Waals surface area contributed by atoms with Crippen molar-refractivity contribution in [3.63, 3.8) is 0 Å². The number of carbonyl (C=O) groups excluding carboxylic acids is 1. The van der Waals surface area contributed by atoms with E-state index in [1.54, 1.807) is 11.3 Å². The number of carbonyl (C=O) groups is 1. The molecule has 5 nitrogen and oxygen atoms in total. The van der Waals surface area contributed by atoms with Gasteiger partial charge >= 0.3 is 0 Å². The molecule has 4 heterocycles. The summed E-state index contributed by atoms with van der Waals surface area (Å²) in [5.74, 6) is 2.36. The molecule has 0 fully saturated rings. The molecule has 0 saturated carbocycles. The van der Waals surface area contributed by atoms with E-state index in [4.69, 9.17) is 13.8 Å². The van der Waals surface area contributed by atoms with Crippen molar-refractivity contribution in [1.82, 2.24) is 4.98 Å². The number of hydrogen-bond donors (Lipinski definition) is 1. The zero-order chi connectivity index (χ0) is 38.0. The molecule has 0 amide bonds. The fourth-order valence-electron chi connectivity index (χ4n) is 6.94. The Labute approximate surface area is 333 Å². The number of aliphatic hydroxyl groups excluding tert-OH is 1. The van der Waals surface area contributed by atoms with Gasteiger partial charge in [-0.15, -0.1) is 40.5 Å². The Morgan fingerprint density at radius 2 is 1.53 bits per heavy atom. The summed E-state index contributed by atoms with van der Waals surface area (Å²) in [6.45, 7) is 23.7. The van der Waals surface area contributed by atoms with Crippen LogP contribution in [0, 0.1) is 30.2 Å². The molecule has 0 aliphatic rings. The molecule has 0 saturated heterocycles. The number of furan rings is 2. The summed E-state index contributed by atoms with van der Waals surface area (Å²) in [5.41, 5.74) is 6.29. The number of thiophene rings is 1. The van der Waals surface area contributed by atoms with Gasteiger partial charge in [-0.3, -0.25) is 9.78 Å². The van der Waals surface area contributed by atoms with Crippen LogP contribution in [0.15, 0.2) is 75.4 Å². The maximum atomic E-state index is 11.7. The Balaban J connectivity index is 0.000000335. The quantitative estimate of drug-likeness (QED) is 0.0842. The van der Waals surface area contributed by atoms with Gasteiger partial charge in [-0.05, 0) is 60.5 Å². The molecule has 6 aromatic rings. The van der Waals surface area contributed by atoms with Crippen LogP contribution in [0.4, 0.5) is 0 Å². The van der Waals surface area contributed by atoms with Gasteiger partial charge in [-0.2, -0.15) is 0 Å². The first-order valence-corrected chi connectivity index (χ1v) is 19.7. The minimum Gasteiger partial charge on any atom is -0.512 e. The minimum atomic E-state index is 0. The molecule has 4 aromatic heterocycles. The second-order valence-electron chi connectivity index (χ2n) is 16.3. The van der Waals surface area contributed by atoms with E-state index in [1.807, 2.05) is 46.0 Å². The van der Waals surface area contributed by atoms with Crippen LogP contribution in [0.3, 0.4) is 0 Å². The van der Waals surface area contributed by atoms with E-state index in [0.717, 1.165) is 81.0 Å². The van der Waals surface area contributed by atoms with Crippen molar-refractivity contribution in [2.24, 2.45) is 17.3 Å². The van der Waals surface area contributed by atoms with E-state index in [0.29, 0.717) is 0 Å². The maximum absolute atomic E-state index is 11.7. The van der Waals surface area contributed by atoms with Gasteiger partial charge in [0.25, 0.3) is 0 Å². The number of fused-ring (bicyclic) bond motifs is 3. The zero-order valence-electron chi connectivity index (χ0n) is 33.3. The number of aromatic nitrogens is 1. The van der Waals surface area contributed by atoms with Crippen LogP contribution in [0.2, 0.25) is 0 Å². The van der Waals surface area contributed by atoms with Crippen molar-refractivity contribution in [2.45, 2.75) is 114 Å². The number of rotatable bonds is 10. The summed E-state index contributed by atoms with van der Waals surface area (Å²) in [6, 6.07) is 20.6. The molecule has 0 atom stereocenters. The summed E-state index contributed by atoms with van der Waals surface area (Å²) < 4.78 is 13.6. The van der Waals surface area contributed by atoms with Crippen molar-refractivity contribution in [1.29, 1.82) is 0 Å². The third kappa shape index (κ3) is 9.60. The van der Waals surface area contributed by atoms with Crippen LogP contribution < -0.4 is 0 Å². The smallest absolute Gasteiger partial charge is 0.173 e. The Hall–Kier alpha value is -3.51. The van der Waals surface area contributed by atoms with Crippen LogP contribution in [-0.4, -0.2) is 15.9 Å². The van der Waals surface area contributed by atoms with Crippen LogP contribution >= 0.6 is 11.3 Å². The van der Waals surface area contributed by atoms with E-state index >= 15 is 0 Å². The van der Waals surface area contributed by atoms with E-state index in [2.05, 4.69) is 90.9 Å². The maximum Gasteiger partial charge on any atom is 0.173 e. The minimum absolute atomic E-state index is 0. The van der Waals surface area contributed by atoms with Crippen LogP contribution in [0.25, 0.3) is 53.9 Å². The number of pyridine rings is 1. The summed E-state index contributed by atoms with van der Waals surface area (Å²) in [6.07, 6.45) is 7.69. The van der Waals surface area contributed by atoms with Gasteiger partial charge in [0.1, 0.15) is 11.5 Å². The van der Waals surface area contributed by atoms with Gasteiger partial charge in [0.05, 0.1) is 10.6 Å². The fraction of sp³-hybridized carbons (Fsp3) is 0.435.